The maximum atomic E-state index is 12.9. The van der Waals surface area contributed by atoms with E-state index in [1.807, 2.05) is 0 Å². The Morgan fingerprint density at radius 2 is 2.24 bits per heavy atom. The highest BCUT2D eigenvalue weighted by Crippen LogP contribution is 2.17. The summed E-state index contributed by atoms with van der Waals surface area (Å²) in [5.74, 6) is -0.636. The van der Waals surface area contributed by atoms with E-state index in [0.29, 0.717) is 6.42 Å². The molecule has 4 nitrogen and oxygen atoms in total. The van der Waals surface area contributed by atoms with Crippen molar-refractivity contribution in [3.63, 3.8) is 0 Å². The number of rotatable bonds is 5. The van der Waals surface area contributed by atoms with Gasteiger partial charge in [-0.15, -0.1) is 6.58 Å². The molecule has 1 aromatic carbocycles. The SMILES string of the molecule is C=CCC(C)NS(=O)(=O)c1ccc(F)c(N)c1. The van der Waals surface area contributed by atoms with Crippen LogP contribution >= 0.6 is 0 Å². The number of benzene rings is 1. The molecule has 1 unspecified atom stereocenters. The molecule has 0 heterocycles. The van der Waals surface area contributed by atoms with E-state index >= 15 is 0 Å². The second-order valence-electron chi connectivity index (χ2n) is 3.73. The zero-order valence-electron chi connectivity index (χ0n) is 9.48. The Hall–Kier alpha value is -1.40. The number of hydrogen-bond donors (Lipinski definition) is 2. The van der Waals surface area contributed by atoms with Gasteiger partial charge in [0.1, 0.15) is 5.82 Å². The van der Waals surface area contributed by atoms with E-state index in [9.17, 15) is 12.8 Å². The first-order chi connectivity index (χ1) is 7.86. The van der Waals surface area contributed by atoms with E-state index in [1.54, 1.807) is 13.0 Å². The largest absolute Gasteiger partial charge is 0.396 e. The second-order valence-corrected chi connectivity index (χ2v) is 5.44. The highest BCUT2D eigenvalue weighted by molar-refractivity contribution is 7.89. The van der Waals surface area contributed by atoms with Gasteiger partial charge in [0.2, 0.25) is 10.0 Å². The van der Waals surface area contributed by atoms with E-state index in [1.165, 1.54) is 6.07 Å². The van der Waals surface area contributed by atoms with Crippen LogP contribution in [0.1, 0.15) is 13.3 Å². The molecule has 1 aromatic rings. The topological polar surface area (TPSA) is 72.2 Å². The molecule has 0 aliphatic heterocycles. The van der Waals surface area contributed by atoms with Crippen LogP contribution in [0.15, 0.2) is 35.7 Å². The fraction of sp³-hybridized carbons (Fsp3) is 0.273. The Bertz CT molecular complexity index is 514. The Kier molecular flexibility index (Phi) is 4.25. The molecule has 0 saturated heterocycles. The molecule has 0 aliphatic carbocycles. The van der Waals surface area contributed by atoms with Crippen LogP contribution in [-0.2, 0) is 10.0 Å². The van der Waals surface area contributed by atoms with Crippen LogP contribution in [0.5, 0.6) is 0 Å². The first-order valence-electron chi connectivity index (χ1n) is 5.05. The summed E-state index contributed by atoms with van der Waals surface area (Å²) in [6, 6.07) is 3.03. The van der Waals surface area contributed by atoms with E-state index in [2.05, 4.69) is 11.3 Å². The van der Waals surface area contributed by atoms with E-state index < -0.39 is 15.8 Å². The fourth-order valence-electron chi connectivity index (χ4n) is 1.32. The van der Waals surface area contributed by atoms with Crippen molar-refractivity contribution in [1.82, 2.24) is 4.72 Å². The van der Waals surface area contributed by atoms with Gasteiger partial charge >= 0.3 is 0 Å². The van der Waals surface area contributed by atoms with Gasteiger partial charge in [-0.2, -0.15) is 0 Å². The Morgan fingerprint density at radius 3 is 2.76 bits per heavy atom. The zero-order valence-corrected chi connectivity index (χ0v) is 10.3. The number of halogens is 1. The number of sulfonamides is 1. The minimum absolute atomic E-state index is 0.0488. The van der Waals surface area contributed by atoms with Crippen molar-refractivity contribution in [2.24, 2.45) is 0 Å². The summed E-state index contributed by atoms with van der Waals surface area (Å²) in [4.78, 5) is -0.0488. The normalized spacial score (nSPS) is 13.3. The quantitative estimate of drug-likeness (QED) is 0.623. The number of nitrogens with one attached hydrogen (secondary N) is 1. The molecule has 1 atom stereocenters. The third-order valence-corrected chi connectivity index (χ3v) is 3.74. The van der Waals surface area contributed by atoms with Gasteiger partial charge in [-0.05, 0) is 31.5 Å². The Labute approximate surface area is 100 Å². The molecule has 0 bridgehead atoms. The molecule has 1 rings (SSSR count). The molecule has 0 radical (unpaired) electrons. The monoisotopic (exact) mass is 258 g/mol. The standard InChI is InChI=1S/C11H15FN2O2S/c1-3-4-8(2)14-17(15,16)9-5-6-10(12)11(13)7-9/h3,5-8,14H,1,4,13H2,2H3. The first-order valence-corrected chi connectivity index (χ1v) is 6.53. The van der Waals surface area contributed by atoms with Gasteiger partial charge in [0.05, 0.1) is 10.6 Å². The molecule has 0 aromatic heterocycles. The minimum atomic E-state index is -3.67. The Balaban J connectivity index is 2.97. The second kappa shape index (κ2) is 5.29. The molecule has 0 aliphatic rings. The van der Waals surface area contributed by atoms with Gasteiger partial charge in [-0.3, -0.25) is 0 Å². The number of hydrogen-bond acceptors (Lipinski definition) is 3. The van der Waals surface area contributed by atoms with Gasteiger partial charge in [-0.25, -0.2) is 17.5 Å². The summed E-state index contributed by atoms with van der Waals surface area (Å²) in [5, 5.41) is 0. The number of anilines is 1. The van der Waals surface area contributed by atoms with E-state index in [4.69, 9.17) is 5.73 Å². The third-order valence-electron chi connectivity index (χ3n) is 2.15. The summed E-state index contributed by atoms with van der Waals surface area (Å²) in [6.07, 6.45) is 2.13. The maximum Gasteiger partial charge on any atom is 0.240 e. The average molecular weight is 258 g/mol. The molecular formula is C11H15FN2O2S. The van der Waals surface area contributed by atoms with Crippen molar-refractivity contribution >= 4 is 15.7 Å². The molecule has 6 heteroatoms. The minimum Gasteiger partial charge on any atom is -0.396 e. The van der Waals surface area contributed by atoms with Gasteiger partial charge in [0.25, 0.3) is 0 Å². The van der Waals surface area contributed by atoms with Crippen LogP contribution in [0.25, 0.3) is 0 Å². The molecule has 0 spiro atoms. The highest BCUT2D eigenvalue weighted by Gasteiger charge is 2.17. The lowest BCUT2D eigenvalue weighted by atomic mass is 10.3. The lowest BCUT2D eigenvalue weighted by Crippen LogP contribution is -2.32. The molecule has 0 amide bonds. The number of nitrogens with two attached hydrogens (primary N) is 1. The summed E-state index contributed by atoms with van der Waals surface area (Å²) >= 11 is 0. The molecule has 0 saturated carbocycles. The summed E-state index contributed by atoms with van der Waals surface area (Å²) < 4.78 is 39.1. The molecule has 17 heavy (non-hydrogen) atoms. The molecular weight excluding hydrogens is 243 g/mol. The van der Waals surface area contributed by atoms with E-state index in [0.717, 1.165) is 12.1 Å². The van der Waals surface area contributed by atoms with Crippen molar-refractivity contribution in [2.75, 3.05) is 5.73 Å². The summed E-state index contributed by atoms with van der Waals surface area (Å²) in [5.41, 5.74) is 5.13. The van der Waals surface area contributed by atoms with Crippen LogP contribution in [0.4, 0.5) is 10.1 Å². The van der Waals surface area contributed by atoms with Crippen LogP contribution < -0.4 is 10.5 Å². The van der Waals surface area contributed by atoms with Crippen LogP contribution in [0.3, 0.4) is 0 Å². The maximum absolute atomic E-state index is 12.9. The van der Waals surface area contributed by atoms with Crippen LogP contribution in [-0.4, -0.2) is 14.5 Å². The van der Waals surface area contributed by atoms with Crippen LogP contribution in [0.2, 0.25) is 0 Å². The molecule has 0 fully saturated rings. The summed E-state index contributed by atoms with van der Waals surface area (Å²) in [6.45, 7) is 5.24. The lowest BCUT2D eigenvalue weighted by Gasteiger charge is -2.12. The lowest BCUT2D eigenvalue weighted by molar-refractivity contribution is 0.561. The van der Waals surface area contributed by atoms with Crippen molar-refractivity contribution in [2.45, 2.75) is 24.3 Å². The smallest absolute Gasteiger partial charge is 0.240 e. The van der Waals surface area contributed by atoms with Crippen molar-refractivity contribution < 1.29 is 12.8 Å². The van der Waals surface area contributed by atoms with Crippen LogP contribution in [0, 0.1) is 5.82 Å². The predicted octanol–water partition coefficient (Wildman–Crippen LogP) is 1.65. The van der Waals surface area contributed by atoms with Crippen molar-refractivity contribution in [3.05, 3.63) is 36.7 Å². The van der Waals surface area contributed by atoms with Gasteiger partial charge in [0.15, 0.2) is 0 Å². The zero-order chi connectivity index (χ0) is 13.1. The van der Waals surface area contributed by atoms with Crippen molar-refractivity contribution in [1.29, 1.82) is 0 Å². The average Bonchev–Trinajstić information content (AvgIpc) is 2.21. The van der Waals surface area contributed by atoms with Crippen molar-refractivity contribution in [3.8, 4) is 0 Å². The molecule has 94 valence electrons. The fourth-order valence-corrected chi connectivity index (χ4v) is 2.61. The van der Waals surface area contributed by atoms with E-state index in [-0.39, 0.29) is 16.6 Å². The van der Waals surface area contributed by atoms with Gasteiger partial charge in [-0.1, -0.05) is 6.08 Å². The predicted molar refractivity (Wildman–Crippen MR) is 65.4 cm³/mol. The summed E-state index contributed by atoms with van der Waals surface area (Å²) in [7, 11) is -3.67. The third kappa shape index (κ3) is 3.54. The molecule has 3 N–H and O–H groups in total. The number of nitrogen functional groups attached to an aromatic ring is 1. The van der Waals surface area contributed by atoms with Gasteiger partial charge < -0.3 is 5.73 Å². The van der Waals surface area contributed by atoms with Gasteiger partial charge in [0, 0.05) is 6.04 Å². The highest BCUT2D eigenvalue weighted by atomic mass is 32.2. The Morgan fingerprint density at radius 1 is 1.59 bits per heavy atom. The first kappa shape index (κ1) is 13.7.